The molecule has 9 heteroatoms. The molecule has 1 saturated heterocycles. The number of amides is 2. The summed E-state index contributed by atoms with van der Waals surface area (Å²) in [6.07, 6.45) is 4.68. The molecule has 1 saturated carbocycles. The Morgan fingerprint density at radius 1 is 1.29 bits per heavy atom. The third-order valence-corrected chi connectivity index (χ3v) is 5.07. The number of nitrogens with zero attached hydrogens (tertiary/aromatic N) is 3. The summed E-state index contributed by atoms with van der Waals surface area (Å²) in [6, 6.07) is 3.30. The Morgan fingerprint density at radius 3 is 2.57 bits per heavy atom. The predicted molar refractivity (Wildman–Crippen MR) is 101 cm³/mol. The van der Waals surface area contributed by atoms with Crippen LogP contribution in [0.1, 0.15) is 25.3 Å². The smallest absolute Gasteiger partial charge is 0.279 e. The van der Waals surface area contributed by atoms with Crippen LogP contribution in [0, 0.1) is 15.9 Å². The highest BCUT2D eigenvalue weighted by molar-refractivity contribution is 5.92. The highest BCUT2D eigenvalue weighted by Gasteiger charge is 2.30. The van der Waals surface area contributed by atoms with Crippen molar-refractivity contribution < 1.29 is 18.9 Å². The molecule has 0 aromatic heterocycles. The number of rotatable bonds is 6. The summed E-state index contributed by atoms with van der Waals surface area (Å²) >= 11 is 0. The minimum atomic E-state index is -0.703. The highest BCUT2D eigenvalue weighted by Crippen LogP contribution is 2.21. The van der Waals surface area contributed by atoms with Gasteiger partial charge < -0.3 is 10.2 Å². The van der Waals surface area contributed by atoms with Gasteiger partial charge in [0.1, 0.15) is 5.82 Å². The lowest BCUT2D eigenvalue weighted by molar-refractivity contribution is -0.385. The van der Waals surface area contributed by atoms with Crippen LogP contribution in [0.4, 0.5) is 10.1 Å². The van der Waals surface area contributed by atoms with Gasteiger partial charge in [-0.05, 0) is 38.0 Å². The van der Waals surface area contributed by atoms with E-state index in [4.69, 9.17) is 0 Å². The molecule has 1 heterocycles. The van der Waals surface area contributed by atoms with Gasteiger partial charge in [0, 0.05) is 38.3 Å². The van der Waals surface area contributed by atoms with Gasteiger partial charge in [-0.1, -0.05) is 0 Å². The normalized spacial score (nSPS) is 18.9. The fourth-order valence-corrected chi connectivity index (χ4v) is 3.13. The van der Waals surface area contributed by atoms with E-state index in [1.807, 2.05) is 11.8 Å². The van der Waals surface area contributed by atoms with Crippen molar-refractivity contribution in [3.63, 3.8) is 0 Å². The molecule has 2 amide bonds. The van der Waals surface area contributed by atoms with E-state index in [9.17, 15) is 24.1 Å². The van der Waals surface area contributed by atoms with Gasteiger partial charge in [0.25, 0.3) is 5.69 Å². The zero-order chi connectivity index (χ0) is 20.3. The number of carbonyl (C=O) groups excluding carboxylic acids is 2. The molecule has 1 aromatic rings. The topological polar surface area (TPSA) is 95.8 Å². The molecule has 1 aliphatic carbocycles. The predicted octanol–water partition coefficient (Wildman–Crippen LogP) is 1.56. The van der Waals surface area contributed by atoms with Gasteiger partial charge in [-0.25, -0.2) is 4.39 Å². The SMILES string of the molecule is CC(C(=O)NC1CC1)N1CCN(C(=O)C=Cc2ccc(F)cc2[N+](=O)[O-])CC1. The van der Waals surface area contributed by atoms with Gasteiger partial charge in [-0.15, -0.1) is 0 Å². The summed E-state index contributed by atoms with van der Waals surface area (Å²) < 4.78 is 13.2. The summed E-state index contributed by atoms with van der Waals surface area (Å²) in [4.78, 5) is 38.5. The zero-order valence-corrected chi connectivity index (χ0v) is 15.6. The second-order valence-electron chi connectivity index (χ2n) is 7.11. The maximum Gasteiger partial charge on any atom is 0.279 e. The molecule has 1 aromatic carbocycles. The number of nitro benzene ring substituents is 1. The number of benzene rings is 1. The molecular weight excluding hydrogens is 367 g/mol. The first-order valence-electron chi connectivity index (χ1n) is 9.30. The first-order valence-corrected chi connectivity index (χ1v) is 9.30. The van der Waals surface area contributed by atoms with Crippen LogP contribution in [0.2, 0.25) is 0 Å². The van der Waals surface area contributed by atoms with Crippen LogP contribution in [-0.4, -0.2) is 64.8 Å². The maximum atomic E-state index is 13.2. The van der Waals surface area contributed by atoms with Crippen LogP contribution in [0.15, 0.2) is 24.3 Å². The van der Waals surface area contributed by atoms with Crippen molar-refractivity contribution in [3.05, 3.63) is 45.8 Å². The Kier molecular flexibility index (Phi) is 6.03. The van der Waals surface area contributed by atoms with Gasteiger partial charge in [0.15, 0.2) is 0 Å². The average Bonchev–Trinajstić information content (AvgIpc) is 3.50. The van der Waals surface area contributed by atoms with Crippen molar-refractivity contribution in [2.24, 2.45) is 0 Å². The maximum absolute atomic E-state index is 13.2. The first-order chi connectivity index (χ1) is 13.3. The summed E-state index contributed by atoms with van der Waals surface area (Å²) in [6.45, 7) is 3.96. The molecule has 0 spiro atoms. The number of nitrogens with one attached hydrogen (secondary N) is 1. The quantitative estimate of drug-likeness (QED) is 0.452. The van der Waals surface area contributed by atoms with Crippen LogP contribution in [0.5, 0.6) is 0 Å². The van der Waals surface area contributed by atoms with Crippen molar-refractivity contribution in [1.29, 1.82) is 0 Å². The summed E-state index contributed by atoms with van der Waals surface area (Å²) in [5.41, 5.74) is -0.215. The lowest BCUT2D eigenvalue weighted by atomic mass is 10.1. The molecular formula is C19H23FN4O4. The number of halogens is 1. The van der Waals surface area contributed by atoms with Crippen molar-refractivity contribution in [3.8, 4) is 0 Å². The van der Waals surface area contributed by atoms with Crippen molar-refractivity contribution in [2.75, 3.05) is 26.2 Å². The summed E-state index contributed by atoms with van der Waals surface area (Å²) in [5, 5.41) is 14.0. The molecule has 1 atom stereocenters. The van der Waals surface area contributed by atoms with Gasteiger partial charge >= 0.3 is 0 Å². The molecule has 2 aliphatic rings. The van der Waals surface area contributed by atoms with E-state index in [0.29, 0.717) is 32.2 Å². The van der Waals surface area contributed by atoms with Crippen molar-refractivity contribution in [2.45, 2.75) is 31.8 Å². The Balaban J connectivity index is 1.54. The average molecular weight is 390 g/mol. The Bertz CT molecular complexity index is 801. The minimum absolute atomic E-state index is 0.0193. The summed E-state index contributed by atoms with van der Waals surface area (Å²) in [7, 11) is 0. The van der Waals surface area contributed by atoms with E-state index in [0.717, 1.165) is 25.0 Å². The third-order valence-electron chi connectivity index (χ3n) is 5.07. The molecule has 150 valence electrons. The van der Waals surface area contributed by atoms with Crippen molar-refractivity contribution in [1.82, 2.24) is 15.1 Å². The van der Waals surface area contributed by atoms with Crippen LogP contribution in [0.25, 0.3) is 6.08 Å². The second kappa shape index (κ2) is 8.47. The van der Waals surface area contributed by atoms with Crippen LogP contribution < -0.4 is 5.32 Å². The fourth-order valence-electron chi connectivity index (χ4n) is 3.13. The van der Waals surface area contributed by atoms with Gasteiger partial charge in [0.05, 0.1) is 22.6 Å². The molecule has 0 radical (unpaired) electrons. The van der Waals surface area contributed by atoms with Gasteiger partial charge in [-0.3, -0.25) is 24.6 Å². The van der Waals surface area contributed by atoms with Crippen LogP contribution in [-0.2, 0) is 9.59 Å². The third kappa shape index (κ3) is 4.92. The largest absolute Gasteiger partial charge is 0.352 e. The molecule has 3 rings (SSSR count). The Morgan fingerprint density at radius 2 is 1.96 bits per heavy atom. The molecule has 8 nitrogen and oxygen atoms in total. The Labute approximate surface area is 162 Å². The van der Waals surface area contributed by atoms with Gasteiger partial charge in [0.2, 0.25) is 11.8 Å². The monoisotopic (exact) mass is 390 g/mol. The molecule has 0 bridgehead atoms. The molecule has 1 aliphatic heterocycles. The van der Waals surface area contributed by atoms with E-state index in [2.05, 4.69) is 5.32 Å². The molecule has 1 unspecified atom stereocenters. The lowest BCUT2D eigenvalue weighted by Crippen LogP contribution is -2.55. The van der Waals surface area contributed by atoms with E-state index in [-0.39, 0.29) is 29.1 Å². The standard InChI is InChI=1S/C19H23FN4O4/c1-13(19(26)21-16-5-6-16)22-8-10-23(11-9-22)18(25)7-3-14-2-4-15(20)12-17(14)24(27)28/h2-4,7,12-13,16H,5-6,8-11H2,1H3,(H,21,26). The van der Waals surface area contributed by atoms with E-state index >= 15 is 0 Å². The van der Waals surface area contributed by atoms with Crippen LogP contribution in [0.3, 0.4) is 0 Å². The molecule has 28 heavy (non-hydrogen) atoms. The summed E-state index contributed by atoms with van der Waals surface area (Å²) in [5.74, 6) is -0.953. The number of hydrogen-bond acceptors (Lipinski definition) is 5. The molecule has 1 N–H and O–H groups in total. The fraction of sp³-hybridized carbons (Fsp3) is 0.474. The number of carbonyl (C=O) groups is 2. The van der Waals surface area contributed by atoms with Crippen molar-refractivity contribution >= 4 is 23.6 Å². The van der Waals surface area contributed by atoms with Gasteiger partial charge in [-0.2, -0.15) is 0 Å². The number of hydrogen-bond donors (Lipinski definition) is 1. The van der Waals surface area contributed by atoms with E-state index in [1.165, 1.54) is 18.2 Å². The highest BCUT2D eigenvalue weighted by atomic mass is 19.1. The first kappa shape index (κ1) is 19.9. The van der Waals surface area contributed by atoms with E-state index in [1.54, 1.807) is 4.90 Å². The number of piperazine rings is 1. The van der Waals surface area contributed by atoms with Crippen LogP contribution >= 0.6 is 0 Å². The zero-order valence-electron chi connectivity index (χ0n) is 15.6. The van der Waals surface area contributed by atoms with E-state index < -0.39 is 10.7 Å². The Hall–Kier alpha value is -2.81. The number of nitro groups is 1. The lowest BCUT2D eigenvalue weighted by Gasteiger charge is -2.37. The molecule has 2 fully saturated rings. The minimum Gasteiger partial charge on any atom is -0.352 e. The second-order valence-corrected chi connectivity index (χ2v) is 7.11.